The first-order chi connectivity index (χ1) is 16.4. The molecular weight excluding hydrogens is 438 g/mol. The Morgan fingerprint density at radius 1 is 1.15 bits per heavy atom. The molecule has 10 nitrogen and oxygen atoms in total. The van der Waals surface area contributed by atoms with Crippen molar-refractivity contribution in [1.29, 1.82) is 0 Å². The maximum absolute atomic E-state index is 12.8. The monoisotopic (exact) mass is 465 g/mol. The zero-order chi connectivity index (χ0) is 23.8. The number of piperidine rings is 1. The number of nitrogens with zero attached hydrogens (tertiary/aromatic N) is 4. The van der Waals surface area contributed by atoms with Crippen LogP contribution in [0.4, 0.5) is 5.69 Å². The molecule has 0 bridgehead atoms. The number of carbonyl (C=O) groups is 2. The van der Waals surface area contributed by atoms with E-state index in [0.717, 1.165) is 22.3 Å². The summed E-state index contributed by atoms with van der Waals surface area (Å²) in [6, 6.07) is 7.30. The van der Waals surface area contributed by atoms with E-state index < -0.39 is 0 Å². The van der Waals surface area contributed by atoms with Crippen LogP contribution in [0.1, 0.15) is 24.1 Å². The number of pyridine rings is 1. The number of nitrogens with one attached hydrogen (secondary N) is 1. The maximum atomic E-state index is 12.8. The fourth-order valence-corrected chi connectivity index (χ4v) is 4.48. The van der Waals surface area contributed by atoms with E-state index in [0.29, 0.717) is 49.0 Å². The van der Waals surface area contributed by atoms with Crippen molar-refractivity contribution in [2.75, 3.05) is 31.8 Å². The molecule has 0 saturated carbocycles. The van der Waals surface area contributed by atoms with Crippen LogP contribution in [0.5, 0.6) is 17.4 Å². The molecule has 1 aromatic carbocycles. The summed E-state index contributed by atoms with van der Waals surface area (Å²) in [5, 5.41) is 8.16. The predicted octanol–water partition coefficient (Wildman–Crippen LogP) is 2.57. The lowest BCUT2D eigenvalue weighted by Crippen LogP contribution is -2.43. The Hall–Kier alpha value is -3.82. The highest BCUT2D eigenvalue weighted by atomic mass is 16.7. The molecule has 2 aliphatic rings. The molecule has 1 N–H and O–H groups in total. The Labute approximate surface area is 196 Å². The first kappa shape index (κ1) is 22.0. The first-order valence-electron chi connectivity index (χ1n) is 11.3. The van der Waals surface area contributed by atoms with Gasteiger partial charge in [-0.2, -0.15) is 0 Å². The smallest absolute Gasteiger partial charge is 0.260 e. The largest absolute Gasteiger partial charge is 0.466 e. The SMILES string of the molecule is Cc1cc(C)c2c(OCC(=O)N3CCC(C(=O)Nc4ccc5c(c4)OCO5)CC3)nn(C)c2n1. The third-order valence-electron chi connectivity index (χ3n) is 6.28. The number of fused-ring (bicyclic) bond motifs is 2. The second-order valence-corrected chi connectivity index (χ2v) is 8.71. The van der Waals surface area contributed by atoms with E-state index in [2.05, 4.69) is 15.4 Å². The Balaban J connectivity index is 1.14. The summed E-state index contributed by atoms with van der Waals surface area (Å²) in [5.74, 6) is 1.37. The quantitative estimate of drug-likeness (QED) is 0.617. The van der Waals surface area contributed by atoms with Crippen LogP contribution in [0.3, 0.4) is 0 Å². The second-order valence-electron chi connectivity index (χ2n) is 8.71. The summed E-state index contributed by atoms with van der Waals surface area (Å²) >= 11 is 0. The van der Waals surface area contributed by atoms with E-state index in [9.17, 15) is 9.59 Å². The van der Waals surface area contributed by atoms with Crippen LogP contribution >= 0.6 is 0 Å². The van der Waals surface area contributed by atoms with E-state index >= 15 is 0 Å². The van der Waals surface area contributed by atoms with Crippen molar-refractivity contribution in [1.82, 2.24) is 19.7 Å². The summed E-state index contributed by atoms with van der Waals surface area (Å²) in [6.45, 7) is 5.01. The topological polar surface area (TPSA) is 108 Å². The molecule has 0 spiro atoms. The third kappa shape index (κ3) is 4.23. The van der Waals surface area contributed by atoms with E-state index in [1.807, 2.05) is 27.0 Å². The summed E-state index contributed by atoms with van der Waals surface area (Å²) in [6.07, 6.45) is 1.19. The summed E-state index contributed by atoms with van der Waals surface area (Å²) in [5.41, 5.74) is 3.31. The Kier molecular flexibility index (Phi) is 5.72. The molecular formula is C24H27N5O5. The van der Waals surface area contributed by atoms with Gasteiger partial charge >= 0.3 is 0 Å². The van der Waals surface area contributed by atoms with Gasteiger partial charge in [-0.15, -0.1) is 5.10 Å². The van der Waals surface area contributed by atoms with Crippen LogP contribution in [-0.2, 0) is 16.6 Å². The van der Waals surface area contributed by atoms with Crippen LogP contribution in [0, 0.1) is 19.8 Å². The molecule has 2 aromatic heterocycles. The van der Waals surface area contributed by atoms with Gasteiger partial charge < -0.3 is 24.4 Å². The number of benzene rings is 1. The molecule has 0 atom stereocenters. The zero-order valence-electron chi connectivity index (χ0n) is 19.5. The van der Waals surface area contributed by atoms with E-state index in [4.69, 9.17) is 14.2 Å². The molecule has 0 aliphatic carbocycles. The standard InChI is InChI=1S/C24H27N5O5/c1-14-10-15(2)25-22-21(14)24(27-28(22)3)32-12-20(30)29-8-6-16(7-9-29)23(31)26-17-4-5-18-19(11-17)34-13-33-18/h4-5,10-11,16H,6-9,12-13H2,1-3H3,(H,26,31). The molecule has 3 aromatic rings. The number of ether oxygens (including phenoxy) is 3. The van der Waals surface area contributed by atoms with Crippen molar-refractivity contribution >= 4 is 28.5 Å². The normalized spacial score (nSPS) is 15.6. The minimum atomic E-state index is -0.160. The average Bonchev–Trinajstić information content (AvgIpc) is 3.41. The highest BCUT2D eigenvalue weighted by Crippen LogP contribution is 2.34. The zero-order valence-corrected chi connectivity index (χ0v) is 19.5. The molecule has 178 valence electrons. The molecule has 1 fully saturated rings. The number of likely N-dealkylation sites (tertiary alicyclic amines) is 1. The predicted molar refractivity (Wildman–Crippen MR) is 124 cm³/mol. The molecule has 10 heteroatoms. The van der Waals surface area contributed by atoms with Crippen molar-refractivity contribution in [2.24, 2.45) is 13.0 Å². The number of amides is 2. The van der Waals surface area contributed by atoms with Crippen LogP contribution < -0.4 is 19.5 Å². The number of rotatable bonds is 5. The van der Waals surface area contributed by atoms with Gasteiger partial charge in [0.05, 0.1) is 5.39 Å². The van der Waals surface area contributed by atoms with Gasteiger partial charge in [0.15, 0.2) is 23.8 Å². The fraction of sp³-hybridized carbons (Fsp3) is 0.417. The van der Waals surface area contributed by atoms with Gasteiger partial charge in [-0.3, -0.25) is 9.59 Å². The van der Waals surface area contributed by atoms with Crippen molar-refractivity contribution in [3.05, 3.63) is 35.5 Å². The third-order valence-corrected chi connectivity index (χ3v) is 6.28. The van der Waals surface area contributed by atoms with Crippen molar-refractivity contribution in [2.45, 2.75) is 26.7 Å². The number of aryl methyl sites for hydroxylation is 3. The molecule has 34 heavy (non-hydrogen) atoms. The van der Waals surface area contributed by atoms with E-state index in [1.54, 1.807) is 27.8 Å². The molecule has 4 heterocycles. The minimum absolute atomic E-state index is 0.0551. The van der Waals surface area contributed by atoms with Crippen LogP contribution in [0.2, 0.25) is 0 Å². The van der Waals surface area contributed by atoms with Gasteiger partial charge in [-0.1, -0.05) is 0 Å². The number of hydrogen-bond donors (Lipinski definition) is 1. The number of aromatic nitrogens is 3. The molecule has 0 unspecified atom stereocenters. The lowest BCUT2D eigenvalue weighted by atomic mass is 9.95. The summed E-state index contributed by atoms with van der Waals surface area (Å²) < 4.78 is 18.1. The van der Waals surface area contributed by atoms with E-state index in [-0.39, 0.29) is 31.1 Å². The molecule has 1 saturated heterocycles. The number of carbonyl (C=O) groups excluding carboxylic acids is 2. The van der Waals surface area contributed by atoms with Gasteiger partial charge in [0.1, 0.15) is 0 Å². The Morgan fingerprint density at radius 3 is 2.71 bits per heavy atom. The van der Waals surface area contributed by atoms with Crippen molar-refractivity contribution in [3.63, 3.8) is 0 Å². The van der Waals surface area contributed by atoms with Crippen LogP contribution in [0.15, 0.2) is 24.3 Å². The lowest BCUT2D eigenvalue weighted by molar-refractivity contribution is -0.136. The molecule has 2 amide bonds. The molecule has 0 radical (unpaired) electrons. The molecule has 2 aliphatic heterocycles. The van der Waals surface area contributed by atoms with Gasteiger partial charge in [0.25, 0.3) is 5.91 Å². The average molecular weight is 466 g/mol. The van der Waals surface area contributed by atoms with Gasteiger partial charge in [-0.25, -0.2) is 9.67 Å². The molecule has 5 rings (SSSR count). The number of hydrogen-bond acceptors (Lipinski definition) is 7. The second kappa shape index (κ2) is 8.85. The first-order valence-corrected chi connectivity index (χ1v) is 11.3. The Bertz CT molecular complexity index is 1260. The summed E-state index contributed by atoms with van der Waals surface area (Å²) in [4.78, 5) is 31.7. The Morgan fingerprint density at radius 2 is 1.91 bits per heavy atom. The van der Waals surface area contributed by atoms with Crippen molar-refractivity contribution < 1.29 is 23.8 Å². The fourth-order valence-electron chi connectivity index (χ4n) is 4.48. The van der Waals surface area contributed by atoms with E-state index in [1.165, 1.54) is 0 Å². The minimum Gasteiger partial charge on any atom is -0.466 e. The highest BCUT2D eigenvalue weighted by molar-refractivity contribution is 5.93. The lowest BCUT2D eigenvalue weighted by Gasteiger charge is -2.31. The van der Waals surface area contributed by atoms with Crippen molar-refractivity contribution in [3.8, 4) is 17.4 Å². The maximum Gasteiger partial charge on any atom is 0.260 e. The number of anilines is 1. The van der Waals surface area contributed by atoms with Gasteiger partial charge in [0, 0.05) is 43.5 Å². The highest BCUT2D eigenvalue weighted by Gasteiger charge is 2.28. The van der Waals surface area contributed by atoms with Crippen LogP contribution in [0.25, 0.3) is 11.0 Å². The van der Waals surface area contributed by atoms with Crippen LogP contribution in [-0.4, -0.2) is 58.0 Å². The summed E-state index contributed by atoms with van der Waals surface area (Å²) in [7, 11) is 1.81. The van der Waals surface area contributed by atoms with Gasteiger partial charge in [-0.05, 0) is 50.5 Å². The van der Waals surface area contributed by atoms with Gasteiger partial charge in [0.2, 0.25) is 18.6 Å².